The maximum absolute atomic E-state index is 13.1. The zero-order valence-electron chi connectivity index (χ0n) is 19.2. The first kappa shape index (κ1) is 24.4. The molecule has 0 saturated carbocycles. The number of para-hydroxylation sites is 1. The maximum Gasteiger partial charge on any atom is 0.255 e. The number of hydrogen-bond donors (Lipinski definition) is 1. The van der Waals surface area contributed by atoms with Crippen molar-refractivity contribution in [2.45, 2.75) is 26.8 Å². The number of rotatable bonds is 8. The molecule has 178 valence electrons. The van der Waals surface area contributed by atoms with E-state index in [4.69, 9.17) is 9.47 Å². The minimum Gasteiger partial charge on any atom is -0.486 e. The van der Waals surface area contributed by atoms with Crippen LogP contribution in [0.25, 0.3) is 0 Å². The summed E-state index contributed by atoms with van der Waals surface area (Å²) in [6.07, 6.45) is 1.03. The van der Waals surface area contributed by atoms with E-state index in [0.717, 1.165) is 10.6 Å². The Morgan fingerprint density at radius 2 is 1.67 bits per heavy atom. The Kier molecular flexibility index (Phi) is 7.47. The largest absolute Gasteiger partial charge is 0.486 e. The van der Waals surface area contributed by atoms with Crippen LogP contribution in [0.5, 0.6) is 11.5 Å². The number of amides is 2. The molecule has 0 spiro atoms. The van der Waals surface area contributed by atoms with E-state index >= 15 is 0 Å². The molecule has 0 fully saturated rings. The summed E-state index contributed by atoms with van der Waals surface area (Å²) in [7, 11) is -3.83. The van der Waals surface area contributed by atoms with Crippen LogP contribution in [0.15, 0.2) is 42.5 Å². The average molecular weight is 476 g/mol. The van der Waals surface area contributed by atoms with Crippen molar-refractivity contribution in [3.05, 3.63) is 48.0 Å². The van der Waals surface area contributed by atoms with Gasteiger partial charge in [0.05, 0.1) is 23.2 Å². The third kappa shape index (κ3) is 5.39. The first-order valence-electron chi connectivity index (χ1n) is 10.8. The van der Waals surface area contributed by atoms with Crippen molar-refractivity contribution in [2.24, 2.45) is 0 Å². The van der Waals surface area contributed by atoms with Crippen molar-refractivity contribution >= 4 is 33.2 Å². The molecule has 1 atom stereocenters. The molecule has 2 amide bonds. The van der Waals surface area contributed by atoms with Crippen LogP contribution < -0.4 is 19.1 Å². The lowest BCUT2D eigenvalue weighted by Crippen LogP contribution is -2.45. The van der Waals surface area contributed by atoms with E-state index in [2.05, 4.69) is 5.32 Å². The normalized spacial score (nSPS) is 13.7. The lowest BCUT2D eigenvalue weighted by atomic mass is 10.1. The van der Waals surface area contributed by atoms with Crippen molar-refractivity contribution in [2.75, 3.05) is 42.2 Å². The lowest BCUT2D eigenvalue weighted by molar-refractivity contribution is -0.116. The number of sulfonamides is 1. The minimum absolute atomic E-state index is 0.213. The first-order chi connectivity index (χ1) is 15.7. The second-order valence-corrected chi connectivity index (χ2v) is 9.43. The first-order valence-corrected chi connectivity index (χ1v) is 12.6. The van der Waals surface area contributed by atoms with E-state index in [1.165, 1.54) is 13.0 Å². The molecular weight excluding hydrogens is 446 g/mol. The van der Waals surface area contributed by atoms with Gasteiger partial charge >= 0.3 is 0 Å². The summed E-state index contributed by atoms with van der Waals surface area (Å²) in [5.41, 5.74) is 0.936. The second-order valence-electron chi connectivity index (χ2n) is 7.58. The number of ether oxygens (including phenoxy) is 2. The molecule has 3 rings (SSSR count). The number of benzene rings is 2. The summed E-state index contributed by atoms with van der Waals surface area (Å²) in [6, 6.07) is 10.3. The molecule has 0 saturated heterocycles. The molecule has 1 aliphatic rings. The molecule has 33 heavy (non-hydrogen) atoms. The molecule has 9 nitrogen and oxygen atoms in total. The van der Waals surface area contributed by atoms with E-state index < -0.39 is 22.0 Å². The van der Waals surface area contributed by atoms with Gasteiger partial charge in [0.2, 0.25) is 15.9 Å². The third-order valence-corrected chi connectivity index (χ3v) is 6.58. The maximum atomic E-state index is 13.1. The number of anilines is 2. The van der Waals surface area contributed by atoms with Crippen LogP contribution in [-0.4, -0.2) is 63.7 Å². The number of nitrogens with zero attached hydrogens (tertiary/aromatic N) is 2. The predicted molar refractivity (Wildman–Crippen MR) is 127 cm³/mol. The van der Waals surface area contributed by atoms with Crippen LogP contribution >= 0.6 is 0 Å². The van der Waals surface area contributed by atoms with Gasteiger partial charge in [-0.2, -0.15) is 0 Å². The second kappa shape index (κ2) is 10.1. The Morgan fingerprint density at radius 3 is 2.30 bits per heavy atom. The fourth-order valence-electron chi connectivity index (χ4n) is 3.67. The highest BCUT2D eigenvalue weighted by Crippen LogP contribution is 2.35. The summed E-state index contributed by atoms with van der Waals surface area (Å²) in [5, 5.41) is 2.73. The zero-order chi connectivity index (χ0) is 24.2. The van der Waals surface area contributed by atoms with Crippen LogP contribution in [0, 0.1) is 0 Å². The van der Waals surface area contributed by atoms with Crippen molar-refractivity contribution in [3.8, 4) is 11.5 Å². The number of carbonyl (C=O) groups is 2. The summed E-state index contributed by atoms with van der Waals surface area (Å²) in [6.45, 7) is 7.06. The molecule has 0 unspecified atom stereocenters. The number of fused-ring (bicyclic) bond motifs is 1. The summed E-state index contributed by atoms with van der Waals surface area (Å²) >= 11 is 0. The molecule has 0 bridgehead atoms. The Hall–Kier alpha value is -3.27. The van der Waals surface area contributed by atoms with Gasteiger partial charge in [-0.15, -0.1) is 0 Å². The van der Waals surface area contributed by atoms with E-state index in [1.54, 1.807) is 41.3 Å². The molecule has 2 aromatic carbocycles. The molecule has 0 radical (unpaired) electrons. The van der Waals surface area contributed by atoms with Crippen LogP contribution in [0.1, 0.15) is 31.1 Å². The van der Waals surface area contributed by atoms with Gasteiger partial charge in [0, 0.05) is 19.2 Å². The van der Waals surface area contributed by atoms with Gasteiger partial charge in [0.25, 0.3) is 5.91 Å². The molecule has 2 aromatic rings. The van der Waals surface area contributed by atoms with Gasteiger partial charge in [-0.3, -0.25) is 13.9 Å². The van der Waals surface area contributed by atoms with Gasteiger partial charge in [-0.05, 0) is 45.0 Å². The molecule has 1 heterocycles. The Bertz CT molecular complexity index is 1130. The minimum atomic E-state index is -3.83. The van der Waals surface area contributed by atoms with Gasteiger partial charge in [0.1, 0.15) is 19.3 Å². The Balaban J connectivity index is 1.90. The van der Waals surface area contributed by atoms with E-state index in [1.807, 2.05) is 13.8 Å². The summed E-state index contributed by atoms with van der Waals surface area (Å²) in [5.74, 6) is 0.139. The smallest absolute Gasteiger partial charge is 0.255 e. The fourth-order valence-corrected chi connectivity index (χ4v) is 4.84. The monoisotopic (exact) mass is 475 g/mol. The molecule has 1 aliphatic heterocycles. The van der Waals surface area contributed by atoms with Crippen LogP contribution in [0.4, 0.5) is 11.4 Å². The van der Waals surface area contributed by atoms with Crippen LogP contribution in [-0.2, 0) is 14.8 Å². The zero-order valence-corrected chi connectivity index (χ0v) is 20.0. The quantitative estimate of drug-likeness (QED) is 0.629. The topological polar surface area (TPSA) is 105 Å². The summed E-state index contributed by atoms with van der Waals surface area (Å²) < 4.78 is 37.4. The average Bonchev–Trinajstić information content (AvgIpc) is 2.79. The fraction of sp³-hybridized carbons (Fsp3) is 0.391. The van der Waals surface area contributed by atoms with Crippen LogP contribution in [0.2, 0.25) is 0 Å². The number of hydrogen-bond acceptors (Lipinski definition) is 6. The molecule has 1 N–H and O–H groups in total. The Morgan fingerprint density at radius 1 is 1.03 bits per heavy atom. The van der Waals surface area contributed by atoms with E-state index in [9.17, 15) is 18.0 Å². The highest BCUT2D eigenvalue weighted by Gasteiger charge is 2.31. The predicted octanol–water partition coefficient (Wildman–Crippen LogP) is 2.73. The van der Waals surface area contributed by atoms with Crippen LogP contribution in [0.3, 0.4) is 0 Å². The molecule has 0 aromatic heterocycles. The van der Waals surface area contributed by atoms with Crippen molar-refractivity contribution in [3.63, 3.8) is 0 Å². The van der Waals surface area contributed by atoms with E-state index in [-0.39, 0.29) is 11.6 Å². The van der Waals surface area contributed by atoms with Gasteiger partial charge in [-0.25, -0.2) is 8.42 Å². The van der Waals surface area contributed by atoms with Crippen molar-refractivity contribution in [1.82, 2.24) is 4.90 Å². The highest BCUT2D eigenvalue weighted by atomic mass is 32.2. The lowest BCUT2D eigenvalue weighted by Gasteiger charge is -2.29. The SMILES string of the molecule is CCN(CC)C(=O)c1ccccc1NC(=O)[C@H](C)N(c1ccc2c(c1)OCCO2)S(C)(=O)=O. The Labute approximate surface area is 194 Å². The van der Waals surface area contributed by atoms with Gasteiger partial charge < -0.3 is 19.7 Å². The van der Waals surface area contributed by atoms with Crippen molar-refractivity contribution < 1.29 is 27.5 Å². The van der Waals surface area contributed by atoms with Gasteiger partial charge in [0.15, 0.2) is 11.5 Å². The summed E-state index contributed by atoms with van der Waals surface area (Å²) in [4.78, 5) is 27.7. The standard InChI is InChI=1S/C23H29N3O6S/c1-5-25(6-2)23(28)18-9-7-8-10-19(18)24-22(27)16(3)26(33(4,29)30)17-11-12-20-21(15-17)32-14-13-31-20/h7-12,15-16H,5-6,13-14H2,1-4H3,(H,24,27)/t16-/m0/s1. The van der Waals surface area contributed by atoms with Gasteiger partial charge in [-0.1, -0.05) is 12.1 Å². The molecule has 0 aliphatic carbocycles. The molecular formula is C23H29N3O6S. The van der Waals surface area contributed by atoms with Crippen molar-refractivity contribution in [1.29, 1.82) is 0 Å². The molecule has 10 heteroatoms. The van der Waals surface area contributed by atoms with E-state index in [0.29, 0.717) is 49.1 Å². The number of carbonyl (C=O) groups excluding carboxylic acids is 2. The number of nitrogens with one attached hydrogen (secondary N) is 1. The highest BCUT2D eigenvalue weighted by molar-refractivity contribution is 7.92. The third-order valence-electron chi connectivity index (χ3n) is 5.33.